The fourth-order valence-corrected chi connectivity index (χ4v) is 7.09. The van der Waals surface area contributed by atoms with Gasteiger partial charge < -0.3 is 19.0 Å². The topological polar surface area (TPSA) is 115 Å². The van der Waals surface area contributed by atoms with E-state index in [1.165, 1.54) is 40.3 Å². The zero-order valence-electron chi connectivity index (χ0n) is 24.8. The molecule has 1 aliphatic rings. The summed E-state index contributed by atoms with van der Waals surface area (Å²) in [7, 11) is 0. The van der Waals surface area contributed by atoms with Gasteiger partial charge in [0.15, 0.2) is 27.4 Å². The molecule has 0 saturated heterocycles. The van der Waals surface area contributed by atoms with Gasteiger partial charge in [-0.2, -0.15) is 0 Å². The fourth-order valence-electron chi connectivity index (χ4n) is 5.22. The Hall–Kier alpha value is -4.61. The quantitative estimate of drug-likeness (QED) is 0.0592. The molecule has 230 valence electrons. The van der Waals surface area contributed by atoms with Crippen LogP contribution in [0.2, 0.25) is 0 Å². The van der Waals surface area contributed by atoms with E-state index in [1.54, 1.807) is 24.3 Å². The fraction of sp³-hybridized carbons (Fsp3) is 0.235. The van der Waals surface area contributed by atoms with E-state index >= 15 is 0 Å². The van der Waals surface area contributed by atoms with Gasteiger partial charge in [0.2, 0.25) is 10.9 Å². The lowest BCUT2D eigenvalue weighted by Crippen LogP contribution is -2.31. The highest BCUT2D eigenvalue weighted by atomic mass is 32.2. The zero-order chi connectivity index (χ0) is 31.3. The van der Waals surface area contributed by atoms with Crippen molar-refractivity contribution in [2.45, 2.75) is 42.8 Å². The number of unbranched alkanes of at least 4 members (excludes halogenated alkanes) is 1. The van der Waals surface area contributed by atoms with Gasteiger partial charge in [-0.15, -0.1) is 10.2 Å². The van der Waals surface area contributed by atoms with Crippen LogP contribution in [0.4, 0.5) is 5.13 Å². The Morgan fingerprint density at radius 3 is 2.67 bits per heavy atom. The van der Waals surface area contributed by atoms with Crippen molar-refractivity contribution in [3.8, 4) is 11.5 Å². The van der Waals surface area contributed by atoms with E-state index in [-0.39, 0.29) is 16.5 Å². The van der Waals surface area contributed by atoms with Gasteiger partial charge in [0.25, 0.3) is 5.91 Å². The summed E-state index contributed by atoms with van der Waals surface area (Å²) in [6.45, 7) is 4.86. The molecule has 0 fully saturated rings. The second-order valence-electron chi connectivity index (χ2n) is 10.3. The zero-order valence-corrected chi connectivity index (χ0v) is 26.4. The number of Topliss-reactive ketones (excluding diaryl/α,β-unsaturated/α-hetero) is 1. The molecule has 9 nitrogen and oxygen atoms in total. The minimum Gasteiger partial charge on any atom is -0.503 e. The van der Waals surface area contributed by atoms with Crippen molar-refractivity contribution in [2.24, 2.45) is 0 Å². The number of anilines is 1. The summed E-state index contributed by atoms with van der Waals surface area (Å²) in [5, 5.41) is 22.4. The van der Waals surface area contributed by atoms with Crippen LogP contribution in [-0.2, 0) is 10.5 Å². The van der Waals surface area contributed by atoms with Crippen LogP contribution >= 0.6 is 23.1 Å². The molecule has 0 spiro atoms. The van der Waals surface area contributed by atoms with E-state index in [4.69, 9.17) is 13.9 Å². The highest BCUT2D eigenvalue weighted by Crippen LogP contribution is 2.45. The second kappa shape index (κ2) is 13.6. The summed E-state index contributed by atoms with van der Waals surface area (Å²) in [5.41, 5.74) is 1.58. The SMILES string of the molecule is CCCCOc1ccc(C2C(C(=O)c3ccco3)=C(O)C(=O)N2c2nnc(SCc3cccc4ccccc34)s2)cc1OCC. The first-order valence-electron chi connectivity index (χ1n) is 14.7. The predicted molar refractivity (Wildman–Crippen MR) is 174 cm³/mol. The van der Waals surface area contributed by atoms with E-state index in [9.17, 15) is 14.7 Å². The van der Waals surface area contributed by atoms with E-state index in [1.807, 2.05) is 25.1 Å². The molecule has 3 aromatic carbocycles. The van der Waals surface area contributed by atoms with Crippen LogP contribution in [0.5, 0.6) is 11.5 Å². The number of nitrogens with zero attached hydrogens (tertiary/aromatic N) is 3. The van der Waals surface area contributed by atoms with Crippen molar-refractivity contribution in [3.63, 3.8) is 0 Å². The number of hydrogen-bond donors (Lipinski definition) is 1. The molecule has 45 heavy (non-hydrogen) atoms. The summed E-state index contributed by atoms with van der Waals surface area (Å²) in [6.07, 6.45) is 3.23. The number of amides is 1. The van der Waals surface area contributed by atoms with Gasteiger partial charge in [-0.3, -0.25) is 14.5 Å². The van der Waals surface area contributed by atoms with Gasteiger partial charge >= 0.3 is 0 Å². The number of benzene rings is 3. The van der Waals surface area contributed by atoms with Gasteiger partial charge in [0.1, 0.15) is 0 Å². The molecule has 0 radical (unpaired) electrons. The third-order valence-electron chi connectivity index (χ3n) is 7.37. The van der Waals surface area contributed by atoms with E-state index < -0.39 is 23.5 Å². The molecule has 1 aliphatic heterocycles. The molecule has 6 rings (SSSR count). The van der Waals surface area contributed by atoms with Gasteiger partial charge in [0, 0.05) is 5.75 Å². The monoisotopic (exact) mass is 641 g/mol. The van der Waals surface area contributed by atoms with Crippen LogP contribution in [0.25, 0.3) is 10.8 Å². The van der Waals surface area contributed by atoms with Crippen molar-refractivity contribution < 1.29 is 28.6 Å². The summed E-state index contributed by atoms with van der Waals surface area (Å²) in [6, 6.07) is 21.7. The van der Waals surface area contributed by atoms with Crippen LogP contribution in [0.1, 0.15) is 54.4 Å². The number of furan rings is 1. The summed E-state index contributed by atoms with van der Waals surface area (Å²) < 4.78 is 17.9. The molecule has 1 amide bonds. The number of carbonyl (C=O) groups excluding carboxylic acids is 2. The Kier molecular flexibility index (Phi) is 9.18. The molecule has 2 aromatic heterocycles. The molecule has 1 atom stereocenters. The van der Waals surface area contributed by atoms with E-state index in [0.717, 1.165) is 29.2 Å². The Morgan fingerprint density at radius 2 is 1.87 bits per heavy atom. The number of ether oxygens (including phenoxy) is 2. The average molecular weight is 642 g/mol. The Bertz CT molecular complexity index is 1860. The van der Waals surface area contributed by atoms with Gasteiger partial charge in [-0.25, -0.2) is 0 Å². The highest BCUT2D eigenvalue weighted by Gasteiger charge is 2.47. The maximum atomic E-state index is 13.7. The van der Waals surface area contributed by atoms with E-state index in [0.29, 0.717) is 40.4 Å². The van der Waals surface area contributed by atoms with Crippen LogP contribution in [0.3, 0.4) is 0 Å². The minimum absolute atomic E-state index is 0.00402. The van der Waals surface area contributed by atoms with Crippen LogP contribution in [-0.4, -0.2) is 40.2 Å². The van der Waals surface area contributed by atoms with Gasteiger partial charge in [0.05, 0.1) is 31.1 Å². The molecule has 0 bridgehead atoms. The number of carbonyl (C=O) groups is 2. The van der Waals surface area contributed by atoms with Crippen molar-refractivity contribution >= 4 is 50.7 Å². The lowest BCUT2D eigenvalue weighted by Gasteiger charge is -2.24. The van der Waals surface area contributed by atoms with Crippen LogP contribution in [0, 0.1) is 0 Å². The minimum atomic E-state index is -1.01. The molecule has 3 heterocycles. The first kappa shape index (κ1) is 30.4. The van der Waals surface area contributed by atoms with Crippen molar-refractivity contribution in [3.05, 3.63) is 107 Å². The van der Waals surface area contributed by atoms with Crippen molar-refractivity contribution in [1.82, 2.24) is 10.2 Å². The molecular formula is C34H31N3O6S2. The lowest BCUT2D eigenvalue weighted by molar-refractivity contribution is -0.117. The number of hydrogen-bond acceptors (Lipinski definition) is 10. The highest BCUT2D eigenvalue weighted by molar-refractivity contribution is 8.00. The largest absolute Gasteiger partial charge is 0.503 e. The number of thioether (sulfide) groups is 1. The number of rotatable bonds is 13. The molecule has 5 aromatic rings. The van der Waals surface area contributed by atoms with Gasteiger partial charge in [-0.1, -0.05) is 85.0 Å². The number of aliphatic hydroxyl groups excluding tert-OH is 1. The molecule has 1 N–H and O–H groups in total. The summed E-state index contributed by atoms with van der Waals surface area (Å²) in [5.74, 6) is -0.339. The average Bonchev–Trinajstić information content (AvgIpc) is 3.82. The van der Waals surface area contributed by atoms with Crippen molar-refractivity contribution in [2.75, 3.05) is 18.1 Å². The molecule has 1 unspecified atom stereocenters. The standard InChI is InChI=1S/C34H31N3O6S2/c1-3-5-17-42-25-16-15-22(19-27(25)41-4-2)29-28(30(38)26-14-9-18-43-26)31(39)32(40)37(29)33-35-36-34(45-33)44-20-23-12-8-11-21-10-6-7-13-24(21)23/h6-16,18-19,29,39H,3-5,17,20H2,1-2H3. The number of ketones is 1. The first-order valence-corrected chi connectivity index (χ1v) is 16.5. The number of fused-ring (bicyclic) bond motifs is 1. The predicted octanol–water partition coefficient (Wildman–Crippen LogP) is 7.94. The molecule has 11 heteroatoms. The Balaban J connectivity index is 1.35. The van der Waals surface area contributed by atoms with Crippen LogP contribution < -0.4 is 14.4 Å². The molecular weight excluding hydrogens is 611 g/mol. The normalized spacial score (nSPS) is 14.8. The van der Waals surface area contributed by atoms with Gasteiger partial charge in [-0.05, 0) is 59.5 Å². The molecule has 0 aliphatic carbocycles. The number of aromatic nitrogens is 2. The Morgan fingerprint density at radius 1 is 1.02 bits per heavy atom. The smallest absolute Gasteiger partial charge is 0.296 e. The second-order valence-corrected chi connectivity index (χ2v) is 12.4. The molecule has 0 saturated carbocycles. The maximum absolute atomic E-state index is 13.7. The van der Waals surface area contributed by atoms with E-state index in [2.05, 4.69) is 41.4 Å². The third kappa shape index (κ3) is 6.18. The van der Waals surface area contributed by atoms with Crippen molar-refractivity contribution in [1.29, 1.82) is 0 Å². The summed E-state index contributed by atoms with van der Waals surface area (Å²) in [4.78, 5) is 28.7. The summed E-state index contributed by atoms with van der Waals surface area (Å²) >= 11 is 2.72. The maximum Gasteiger partial charge on any atom is 0.296 e. The number of aliphatic hydroxyl groups is 1. The Labute approximate surface area is 268 Å². The van der Waals surface area contributed by atoms with Crippen LogP contribution in [0.15, 0.2) is 99.1 Å². The third-order valence-corrected chi connectivity index (χ3v) is 9.47. The first-order chi connectivity index (χ1) is 22.0. The lowest BCUT2D eigenvalue weighted by atomic mass is 9.95.